The SMILES string of the molecule is NC(=O)CO[C@@H]1CCOC[C@@H]1NC(=O)c1ccc(F)cc1Cl. The maximum atomic E-state index is 13.0. The monoisotopic (exact) mass is 330 g/mol. The molecule has 2 amide bonds. The van der Waals surface area contributed by atoms with Crippen LogP contribution in [0, 0.1) is 5.82 Å². The average Bonchev–Trinajstić information content (AvgIpc) is 2.46. The zero-order valence-corrected chi connectivity index (χ0v) is 12.4. The fraction of sp³-hybridized carbons (Fsp3) is 0.429. The van der Waals surface area contributed by atoms with Crippen LogP contribution in [0.4, 0.5) is 4.39 Å². The van der Waals surface area contributed by atoms with Gasteiger partial charge in [0.1, 0.15) is 12.4 Å². The molecule has 22 heavy (non-hydrogen) atoms. The molecule has 3 N–H and O–H groups in total. The molecule has 0 bridgehead atoms. The smallest absolute Gasteiger partial charge is 0.253 e. The normalized spacial score (nSPS) is 21.4. The molecule has 1 heterocycles. The molecule has 6 nitrogen and oxygen atoms in total. The second-order valence-electron chi connectivity index (χ2n) is 4.88. The summed E-state index contributed by atoms with van der Waals surface area (Å²) < 4.78 is 23.7. The van der Waals surface area contributed by atoms with Gasteiger partial charge in [-0.1, -0.05) is 11.6 Å². The van der Waals surface area contributed by atoms with E-state index in [-0.39, 0.29) is 29.9 Å². The lowest BCUT2D eigenvalue weighted by Crippen LogP contribution is -2.51. The van der Waals surface area contributed by atoms with Gasteiger partial charge in [-0.15, -0.1) is 0 Å². The molecule has 8 heteroatoms. The van der Waals surface area contributed by atoms with Gasteiger partial charge in [0.2, 0.25) is 5.91 Å². The van der Waals surface area contributed by atoms with E-state index in [0.717, 1.165) is 12.1 Å². The molecule has 0 aromatic heterocycles. The van der Waals surface area contributed by atoms with Crippen molar-refractivity contribution in [1.82, 2.24) is 5.32 Å². The molecular formula is C14H16ClFN2O4. The van der Waals surface area contributed by atoms with Crippen molar-refractivity contribution in [3.05, 3.63) is 34.6 Å². The molecule has 1 fully saturated rings. The molecular weight excluding hydrogens is 315 g/mol. The first kappa shape index (κ1) is 16.7. The van der Waals surface area contributed by atoms with Crippen molar-refractivity contribution in [2.45, 2.75) is 18.6 Å². The van der Waals surface area contributed by atoms with E-state index in [1.54, 1.807) is 0 Å². The van der Waals surface area contributed by atoms with Gasteiger partial charge in [0.15, 0.2) is 0 Å². The van der Waals surface area contributed by atoms with Gasteiger partial charge in [0.05, 0.1) is 29.3 Å². The molecule has 1 aliphatic heterocycles. The van der Waals surface area contributed by atoms with Gasteiger partial charge in [-0.2, -0.15) is 0 Å². The van der Waals surface area contributed by atoms with Crippen molar-refractivity contribution in [2.75, 3.05) is 19.8 Å². The van der Waals surface area contributed by atoms with Gasteiger partial charge in [-0.25, -0.2) is 4.39 Å². The number of nitrogens with one attached hydrogen (secondary N) is 1. The van der Waals surface area contributed by atoms with E-state index in [2.05, 4.69) is 5.32 Å². The van der Waals surface area contributed by atoms with E-state index >= 15 is 0 Å². The van der Waals surface area contributed by atoms with Crippen molar-refractivity contribution in [3.63, 3.8) is 0 Å². The Bertz CT molecular complexity index is 570. The van der Waals surface area contributed by atoms with Crippen molar-refractivity contribution in [2.24, 2.45) is 5.73 Å². The van der Waals surface area contributed by atoms with Gasteiger partial charge < -0.3 is 20.5 Å². The highest BCUT2D eigenvalue weighted by Crippen LogP contribution is 2.18. The Morgan fingerprint density at radius 2 is 2.27 bits per heavy atom. The summed E-state index contributed by atoms with van der Waals surface area (Å²) in [6.07, 6.45) is 0.138. The number of amides is 2. The standard InChI is InChI=1S/C14H16ClFN2O4/c15-10-5-8(16)1-2-9(10)14(20)18-11-6-21-4-3-12(11)22-7-13(17)19/h1-2,5,11-12H,3-4,6-7H2,(H2,17,19)(H,18,20)/t11-,12+/m0/s1. The first-order valence-corrected chi connectivity index (χ1v) is 7.08. The van der Waals surface area contributed by atoms with Crippen LogP contribution in [0.3, 0.4) is 0 Å². The number of carbonyl (C=O) groups excluding carboxylic acids is 2. The summed E-state index contributed by atoms with van der Waals surface area (Å²) in [5, 5.41) is 2.74. The number of ether oxygens (including phenoxy) is 2. The number of hydrogen-bond acceptors (Lipinski definition) is 4. The number of halogens is 2. The lowest BCUT2D eigenvalue weighted by molar-refractivity contribution is -0.128. The Labute approximate surface area is 131 Å². The van der Waals surface area contributed by atoms with E-state index in [9.17, 15) is 14.0 Å². The van der Waals surface area contributed by atoms with Crippen LogP contribution in [0.5, 0.6) is 0 Å². The summed E-state index contributed by atoms with van der Waals surface area (Å²) in [5.74, 6) is -1.57. The summed E-state index contributed by atoms with van der Waals surface area (Å²) in [7, 11) is 0. The van der Waals surface area contributed by atoms with E-state index in [1.807, 2.05) is 0 Å². The maximum absolute atomic E-state index is 13.0. The van der Waals surface area contributed by atoms with Crippen LogP contribution < -0.4 is 11.1 Å². The van der Waals surface area contributed by atoms with Crippen LogP contribution in [0.2, 0.25) is 5.02 Å². The van der Waals surface area contributed by atoms with Crippen LogP contribution in [-0.2, 0) is 14.3 Å². The lowest BCUT2D eigenvalue weighted by Gasteiger charge is -2.31. The highest BCUT2D eigenvalue weighted by molar-refractivity contribution is 6.33. The van der Waals surface area contributed by atoms with Gasteiger partial charge >= 0.3 is 0 Å². The summed E-state index contributed by atoms with van der Waals surface area (Å²) >= 11 is 5.86. The number of carbonyl (C=O) groups is 2. The molecule has 0 unspecified atom stereocenters. The average molecular weight is 331 g/mol. The Hall–Kier alpha value is -1.70. The molecule has 0 aliphatic carbocycles. The predicted octanol–water partition coefficient (Wildman–Crippen LogP) is 0.868. The predicted molar refractivity (Wildman–Crippen MR) is 77.0 cm³/mol. The maximum Gasteiger partial charge on any atom is 0.253 e. The van der Waals surface area contributed by atoms with Gasteiger partial charge in [-0.3, -0.25) is 9.59 Å². The van der Waals surface area contributed by atoms with Crippen molar-refractivity contribution in [3.8, 4) is 0 Å². The van der Waals surface area contributed by atoms with Gasteiger partial charge in [0.25, 0.3) is 5.91 Å². The van der Waals surface area contributed by atoms with E-state index < -0.39 is 23.7 Å². The van der Waals surface area contributed by atoms with Crippen LogP contribution in [0.25, 0.3) is 0 Å². The number of benzene rings is 1. The molecule has 1 aromatic rings. The zero-order valence-electron chi connectivity index (χ0n) is 11.7. The minimum absolute atomic E-state index is 0.0174. The Morgan fingerprint density at radius 3 is 2.95 bits per heavy atom. The molecule has 0 spiro atoms. The van der Waals surface area contributed by atoms with Gasteiger partial charge in [-0.05, 0) is 24.6 Å². The van der Waals surface area contributed by atoms with E-state index in [0.29, 0.717) is 13.0 Å². The lowest BCUT2D eigenvalue weighted by atomic mass is 10.1. The Morgan fingerprint density at radius 1 is 1.50 bits per heavy atom. The fourth-order valence-corrected chi connectivity index (χ4v) is 2.41. The largest absolute Gasteiger partial charge is 0.379 e. The molecule has 0 saturated carbocycles. The highest BCUT2D eigenvalue weighted by Gasteiger charge is 2.29. The van der Waals surface area contributed by atoms with Crippen LogP contribution in [0.1, 0.15) is 16.8 Å². The van der Waals surface area contributed by atoms with E-state index in [4.69, 9.17) is 26.8 Å². The quantitative estimate of drug-likeness (QED) is 0.838. The number of hydrogen-bond donors (Lipinski definition) is 2. The minimum atomic E-state index is -0.585. The van der Waals surface area contributed by atoms with Crippen LogP contribution >= 0.6 is 11.6 Å². The van der Waals surface area contributed by atoms with Crippen LogP contribution in [0.15, 0.2) is 18.2 Å². The molecule has 1 aromatic carbocycles. The second kappa shape index (κ2) is 7.53. The zero-order chi connectivity index (χ0) is 16.1. The van der Waals surface area contributed by atoms with E-state index in [1.165, 1.54) is 6.07 Å². The topological polar surface area (TPSA) is 90.7 Å². The third-order valence-corrected chi connectivity index (χ3v) is 3.54. The van der Waals surface area contributed by atoms with Crippen molar-refractivity contribution in [1.29, 1.82) is 0 Å². The number of primary amides is 1. The summed E-state index contributed by atoms with van der Waals surface area (Å²) in [6, 6.07) is 3.08. The van der Waals surface area contributed by atoms with Gasteiger partial charge in [0, 0.05) is 6.61 Å². The van der Waals surface area contributed by atoms with Crippen molar-refractivity contribution < 1.29 is 23.5 Å². The Kier molecular flexibility index (Phi) is 5.70. The summed E-state index contributed by atoms with van der Waals surface area (Å²) in [4.78, 5) is 23.0. The van der Waals surface area contributed by atoms with Crippen LogP contribution in [-0.4, -0.2) is 43.8 Å². The number of nitrogens with two attached hydrogens (primary N) is 1. The first-order valence-electron chi connectivity index (χ1n) is 6.71. The third-order valence-electron chi connectivity index (χ3n) is 3.22. The molecule has 2 rings (SSSR count). The molecule has 1 saturated heterocycles. The summed E-state index contributed by atoms with van der Waals surface area (Å²) in [6.45, 7) is 0.482. The first-order chi connectivity index (χ1) is 10.5. The Balaban J connectivity index is 2.02. The summed E-state index contributed by atoms with van der Waals surface area (Å²) in [5.41, 5.74) is 5.20. The minimum Gasteiger partial charge on any atom is -0.379 e. The number of rotatable bonds is 5. The molecule has 1 aliphatic rings. The fourth-order valence-electron chi connectivity index (χ4n) is 2.16. The third kappa shape index (κ3) is 4.40. The molecule has 0 radical (unpaired) electrons. The molecule has 2 atom stereocenters. The van der Waals surface area contributed by atoms with Crippen molar-refractivity contribution >= 4 is 23.4 Å². The molecule has 120 valence electrons. The highest BCUT2D eigenvalue weighted by atomic mass is 35.5. The second-order valence-corrected chi connectivity index (χ2v) is 5.29.